The Kier molecular flexibility index (Phi) is 4.44. The van der Waals surface area contributed by atoms with Crippen LogP contribution in [-0.2, 0) is 0 Å². The van der Waals surface area contributed by atoms with E-state index in [1.54, 1.807) is 0 Å². The van der Waals surface area contributed by atoms with Crippen molar-refractivity contribution in [1.82, 2.24) is 0 Å². The summed E-state index contributed by atoms with van der Waals surface area (Å²) in [5.41, 5.74) is 3.08. The number of para-hydroxylation sites is 1. The van der Waals surface area contributed by atoms with E-state index in [1.807, 2.05) is 30.3 Å². The highest BCUT2D eigenvalue weighted by Crippen LogP contribution is 2.41. The van der Waals surface area contributed by atoms with Gasteiger partial charge >= 0.3 is 0 Å². The number of hydrogen-bond acceptors (Lipinski definition) is 3. The number of fused-ring (bicyclic) bond motifs is 2. The highest BCUT2D eigenvalue weighted by atomic mass is 16.5. The third-order valence-electron chi connectivity index (χ3n) is 4.60. The van der Waals surface area contributed by atoms with Crippen LogP contribution < -0.4 is 9.64 Å². The van der Waals surface area contributed by atoms with Gasteiger partial charge in [0.15, 0.2) is 5.75 Å². The second kappa shape index (κ2) is 7.04. The van der Waals surface area contributed by atoms with Gasteiger partial charge in [-0.2, -0.15) is 0 Å². The predicted octanol–water partition coefficient (Wildman–Crippen LogP) is 6.08. The lowest BCUT2D eigenvalue weighted by molar-refractivity contribution is 0.441. The second-order valence-corrected chi connectivity index (χ2v) is 6.29. The molecule has 0 unspecified atom stereocenters. The van der Waals surface area contributed by atoms with E-state index in [9.17, 15) is 0 Å². The number of ether oxygens (including phenoxy) is 1. The first-order valence-corrected chi connectivity index (χ1v) is 9.11. The largest absolute Gasteiger partial charge is 0.439 e. The summed E-state index contributed by atoms with van der Waals surface area (Å²) in [5, 5.41) is 2.42. The van der Waals surface area contributed by atoms with E-state index in [1.165, 1.54) is 10.8 Å². The van der Waals surface area contributed by atoms with Crippen molar-refractivity contribution in [3.8, 4) is 5.75 Å². The molecule has 0 saturated heterocycles. The van der Waals surface area contributed by atoms with Crippen LogP contribution in [0.3, 0.4) is 0 Å². The first kappa shape index (κ1) is 16.4. The third-order valence-corrected chi connectivity index (χ3v) is 4.60. The lowest BCUT2D eigenvalue weighted by Gasteiger charge is -2.16. The zero-order valence-electron chi connectivity index (χ0n) is 15.1. The molecule has 0 saturated carbocycles. The van der Waals surface area contributed by atoms with Crippen LogP contribution in [0.15, 0.2) is 83.7 Å². The Bertz CT molecular complexity index is 990. The number of rotatable bonds is 4. The summed E-state index contributed by atoms with van der Waals surface area (Å²) in [5.74, 6) is 1.75. The maximum absolute atomic E-state index is 6.19. The van der Waals surface area contributed by atoms with Crippen LogP contribution in [0, 0.1) is 0 Å². The molecule has 130 valence electrons. The van der Waals surface area contributed by atoms with E-state index in [4.69, 9.17) is 9.73 Å². The molecule has 0 spiro atoms. The normalized spacial score (nSPS) is 15.4. The summed E-state index contributed by atoms with van der Waals surface area (Å²) in [7, 11) is 0. The first-order chi connectivity index (χ1) is 12.8. The molecule has 3 nitrogen and oxygen atoms in total. The second-order valence-electron chi connectivity index (χ2n) is 6.29. The molecule has 0 atom stereocenters. The standard InChI is InChI=1S/C23H22N2O/c1-3-19(24-20-12-6-5-7-13-20)16-23-25(4-2)21-14-17-10-8-9-11-18(17)15-22(21)26-23/h5-16H,3-4H2,1-2H3/b23-16-,24-19?. The lowest BCUT2D eigenvalue weighted by atomic mass is 10.1. The molecule has 0 aromatic heterocycles. The molecule has 3 aromatic rings. The summed E-state index contributed by atoms with van der Waals surface area (Å²) in [4.78, 5) is 6.97. The van der Waals surface area contributed by atoms with E-state index in [0.29, 0.717) is 0 Å². The fourth-order valence-corrected chi connectivity index (χ4v) is 3.24. The van der Waals surface area contributed by atoms with Gasteiger partial charge in [0.2, 0.25) is 5.88 Å². The molecule has 0 fully saturated rings. The SMILES string of the molecule is CCC(/C=C1\Oc2cc3ccccc3cc2N1CC)=Nc1ccccc1. The Balaban J connectivity index is 1.73. The van der Waals surface area contributed by atoms with Gasteiger partial charge in [-0.25, -0.2) is 0 Å². The van der Waals surface area contributed by atoms with Crippen LogP contribution in [0.1, 0.15) is 20.3 Å². The summed E-state index contributed by atoms with van der Waals surface area (Å²) in [6, 6.07) is 22.7. The van der Waals surface area contributed by atoms with Crippen molar-refractivity contribution < 1.29 is 4.74 Å². The molecular weight excluding hydrogens is 320 g/mol. The summed E-state index contributed by atoms with van der Waals surface area (Å²) >= 11 is 0. The van der Waals surface area contributed by atoms with E-state index < -0.39 is 0 Å². The lowest BCUT2D eigenvalue weighted by Crippen LogP contribution is -2.20. The van der Waals surface area contributed by atoms with Gasteiger partial charge in [0.25, 0.3) is 0 Å². The van der Waals surface area contributed by atoms with Gasteiger partial charge in [-0.1, -0.05) is 49.4 Å². The summed E-state index contributed by atoms with van der Waals surface area (Å²) in [6.45, 7) is 5.10. The number of anilines is 1. The van der Waals surface area contributed by atoms with Crippen molar-refractivity contribution in [3.05, 3.63) is 78.7 Å². The highest BCUT2D eigenvalue weighted by molar-refractivity contribution is 5.98. The maximum Gasteiger partial charge on any atom is 0.202 e. The molecule has 3 aromatic carbocycles. The van der Waals surface area contributed by atoms with E-state index >= 15 is 0 Å². The van der Waals surface area contributed by atoms with Gasteiger partial charge in [0.1, 0.15) is 0 Å². The van der Waals surface area contributed by atoms with Crippen molar-refractivity contribution in [2.45, 2.75) is 20.3 Å². The molecule has 0 aliphatic carbocycles. The molecule has 1 heterocycles. The number of hydrogen-bond donors (Lipinski definition) is 0. The van der Waals surface area contributed by atoms with Crippen LogP contribution in [0.5, 0.6) is 5.75 Å². The minimum absolute atomic E-state index is 0.842. The zero-order valence-corrected chi connectivity index (χ0v) is 15.1. The highest BCUT2D eigenvalue weighted by Gasteiger charge is 2.25. The molecule has 0 amide bonds. The van der Waals surface area contributed by atoms with Crippen molar-refractivity contribution in [1.29, 1.82) is 0 Å². The van der Waals surface area contributed by atoms with Crippen LogP contribution in [0.4, 0.5) is 11.4 Å². The Morgan fingerprint density at radius 1 is 0.962 bits per heavy atom. The maximum atomic E-state index is 6.19. The fourth-order valence-electron chi connectivity index (χ4n) is 3.24. The molecule has 3 heteroatoms. The number of allylic oxidation sites excluding steroid dienone is 1. The Labute approximate surface area is 154 Å². The van der Waals surface area contributed by atoms with Gasteiger partial charge in [0, 0.05) is 18.3 Å². The minimum atomic E-state index is 0.842. The molecule has 26 heavy (non-hydrogen) atoms. The van der Waals surface area contributed by atoms with Crippen LogP contribution in [-0.4, -0.2) is 12.3 Å². The van der Waals surface area contributed by atoms with Crippen molar-refractivity contribution in [3.63, 3.8) is 0 Å². The van der Waals surface area contributed by atoms with Crippen molar-refractivity contribution in [2.75, 3.05) is 11.4 Å². The van der Waals surface area contributed by atoms with Gasteiger partial charge in [0.05, 0.1) is 11.4 Å². The van der Waals surface area contributed by atoms with E-state index in [-0.39, 0.29) is 0 Å². The average molecular weight is 342 g/mol. The molecule has 1 aliphatic rings. The molecule has 4 rings (SSSR count). The first-order valence-electron chi connectivity index (χ1n) is 9.11. The number of benzene rings is 3. The third kappa shape index (κ3) is 3.08. The van der Waals surface area contributed by atoms with Gasteiger partial charge in [-0.3, -0.25) is 4.99 Å². The van der Waals surface area contributed by atoms with E-state index in [0.717, 1.165) is 41.7 Å². The number of aliphatic imine (C=N–C) groups is 1. The smallest absolute Gasteiger partial charge is 0.202 e. The summed E-state index contributed by atoms with van der Waals surface area (Å²) < 4.78 is 6.19. The van der Waals surface area contributed by atoms with Gasteiger partial charge < -0.3 is 9.64 Å². The van der Waals surface area contributed by atoms with E-state index in [2.05, 4.69) is 61.2 Å². The monoisotopic (exact) mass is 342 g/mol. The Morgan fingerprint density at radius 3 is 2.35 bits per heavy atom. The Morgan fingerprint density at radius 2 is 1.65 bits per heavy atom. The molecule has 0 radical (unpaired) electrons. The van der Waals surface area contributed by atoms with Crippen molar-refractivity contribution >= 4 is 27.9 Å². The molecule has 0 bridgehead atoms. The average Bonchev–Trinajstić information content (AvgIpc) is 3.02. The van der Waals surface area contributed by atoms with Crippen molar-refractivity contribution in [2.24, 2.45) is 4.99 Å². The predicted molar refractivity (Wildman–Crippen MR) is 110 cm³/mol. The number of nitrogens with zero attached hydrogens (tertiary/aromatic N) is 2. The zero-order chi connectivity index (χ0) is 17.9. The molecule has 0 N–H and O–H groups in total. The van der Waals surface area contributed by atoms with Crippen LogP contribution in [0.25, 0.3) is 10.8 Å². The molecule has 1 aliphatic heterocycles. The fraction of sp³-hybridized carbons (Fsp3) is 0.174. The quantitative estimate of drug-likeness (QED) is 0.537. The van der Waals surface area contributed by atoms with Gasteiger partial charge in [-0.05, 0) is 48.4 Å². The van der Waals surface area contributed by atoms with Crippen LogP contribution in [0.2, 0.25) is 0 Å². The topological polar surface area (TPSA) is 24.8 Å². The minimum Gasteiger partial charge on any atom is -0.439 e. The van der Waals surface area contributed by atoms with Crippen LogP contribution >= 0.6 is 0 Å². The summed E-state index contributed by atoms with van der Waals surface area (Å²) in [6.07, 6.45) is 2.90. The van der Waals surface area contributed by atoms with Gasteiger partial charge in [-0.15, -0.1) is 0 Å². The Hall–Kier alpha value is -3.07. The molecular formula is C23H22N2O.